The number of methoxy groups -OCH3 is 1. The van der Waals surface area contributed by atoms with Crippen LogP contribution in [0.15, 0.2) is 59.4 Å². The zero-order valence-electron chi connectivity index (χ0n) is 17.3. The van der Waals surface area contributed by atoms with Crippen LogP contribution in [0.25, 0.3) is 0 Å². The second kappa shape index (κ2) is 9.44. The smallest absolute Gasteiger partial charge is 0.274 e. The predicted octanol–water partition coefficient (Wildman–Crippen LogP) is 2.46. The lowest BCUT2D eigenvalue weighted by atomic mass is 10.1. The lowest BCUT2D eigenvalue weighted by Crippen LogP contribution is -2.36. The van der Waals surface area contributed by atoms with E-state index in [1.807, 2.05) is 48.5 Å². The Morgan fingerprint density at radius 3 is 2.52 bits per heavy atom. The first-order chi connectivity index (χ1) is 15.1. The summed E-state index contributed by atoms with van der Waals surface area (Å²) in [5.74, 6) is 0.740. The zero-order chi connectivity index (χ0) is 21.6. The quantitative estimate of drug-likeness (QED) is 0.636. The summed E-state index contributed by atoms with van der Waals surface area (Å²) in [5, 5.41) is 2.81. The number of carbonyl (C=O) groups excluding carboxylic acids is 1. The van der Waals surface area contributed by atoms with Crippen LogP contribution in [-0.4, -0.2) is 49.3 Å². The van der Waals surface area contributed by atoms with E-state index in [9.17, 15) is 9.59 Å². The number of aromatic amines is 1. The number of anilines is 2. The van der Waals surface area contributed by atoms with Crippen LogP contribution in [0.3, 0.4) is 0 Å². The van der Waals surface area contributed by atoms with Gasteiger partial charge in [0.1, 0.15) is 17.3 Å². The molecule has 0 bridgehead atoms. The van der Waals surface area contributed by atoms with Gasteiger partial charge in [-0.1, -0.05) is 12.1 Å². The standard InChI is InChI=1S/C23H24N4O4/c1-30-19-8-2-16(3-9-19)14-21-25-20(15-22(28)26-21)23(29)24-17-4-6-18(7-5-17)27-10-12-31-13-11-27/h2-9,15H,10-14H2,1H3,(H,24,29)(H,25,26,28). The highest BCUT2D eigenvalue weighted by Gasteiger charge is 2.13. The van der Waals surface area contributed by atoms with Crippen molar-refractivity contribution in [2.45, 2.75) is 6.42 Å². The highest BCUT2D eigenvalue weighted by Crippen LogP contribution is 2.19. The van der Waals surface area contributed by atoms with E-state index in [4.69, 9.17) is 9.47 Å². The minimum Gasteiger partial charge on any atom is -0.497 e. The number of nitrogens with one attached hydrogen (secondary N) is 2. The Bertz CT molecular complexity index is 1090. The van der Waals surface area contributed by atoms with Gasteiger partial charge < -0.3 is 24.7 Å². The molecule has 1 fully saturated rings. The maximum atomic E-state index is 12.7. The van der Waals surface area contributed by atoms with Crippen LogP contribution in [0.1, 0.15) is 21.9 Å². The minimum atomic E-state index is -0.429. The van der Waals surface area contributed by atoms with Gasteiger partial charge in [-0.25, -0.2) is 4.98 Å². The SMILES string of the molecule is COc1ccc(Cc2nc(C(=O)Nc3ccc(N4CCOCC4)cc3)cc(=O)[nH]2)cc1. The van der Waals surface area contributed by atoms with Gasteiger partial charge in [-0.15, -0.1) is 0 Å². The van der Waals surface area contributed by atoms with Gasteiger partial charge in [0.15, 0.2) is 0 Å². The molecule has 0 atom stereocenters. The molecule has 3 aromatic rings. The van der Waals surface area contributed by atoms with Crippen LogP contribution in [0.5, 0.6) is 5.75 Å². The van der Waals surface area contributed by atoms with E-state index in [1.54, 1.807) is 7.11 Å². The lowest BCUT2D eigenvalue weighted by molar-refractivity contribution is 0.102. The second-order valence-electron chi connectivity index (χ2n) is 7.20. The Morgan fingerprint density at radius 1 is 1.13 bits per heavy atom. The molecule has 0 aliphatic carbocycles. The molecule has 4 rings (SSSR count). The molecule has 0 radical (unpaired) electrons. The summed E-state index contributed by atoms with van der Waals surface area (Å²) in [6.45, 7) is 3.12. The molecule has 0 saturated carbocycles. The first-order valence-electron chi connectivity index (χ1n) is 10.1. The van der Waals surface area contributed by atoms with Crippen molar-refractivity contribution in [1.29, 1.82) is 0 Å². The first-order valence-corrected chi connectivity index (χ1v) is 10.1. The van der Waals surface area contributed by atoms with E-state index < -0.39 is 5.91 Å². The first kappa shape index (κ1) is 20.6. The summed E-state index contributed by atoms with van der Waals surface area (Å²) in [4.78, 5) is 34.0. The number of carbonyl (C=O) groups is 1. The third-order valence-electron chi connectivity index (χ3n) is 5.06. The van der Waals surface area contributed by atoms with Crippen molar-refractivity contribution in [2.24, 2.45) is 0 Å². The van der Waals surface area contributed by atoms with Gasteiger partial charge in [-0.05, 0) is 42.0 Å². The molecule has 0 unspecified atom stereocenters. The largest absolute Gasteiger partial charge is 0.497 e. The van der Waals surface area contributed by atoms with Crippen molar-refractivity contribution in [2.75, 3.05) is 43.6 Å². The zero-order valence-corrected chi connectivity index (χ0v) is 17.3. The maximum absolute atomic E-state index is 12.7. The number of benzene rings is 2. The fourth-order valence-corrected chi connectivity index (χ4v) is 3.42. The number of hydrogen-bond donors (Lipinski definition) is 2. The molecule has 2 N–H and O–H groups in total. The Kier molecular flexibility index (Phi) is 6.28. The van der Waals surface area contributed by atoms with Crippen LogP contribution in [0.4, 0.5) is 11.4 Å². The van der Waals surface area contributed by atoms with Crippen molar-refractivity contribution >= 4 is 17.3 Å². The molecule has 1 amide bonds. The topological polar surface area (TPSA) is 96.5 Å². The van der Waals surface area contributed by atoms with Gasteiger partial charge in [-0.2, -0.15) is 0 Å². The average Bonchev–Trinajstić information content (AvgIpc) is 2.80. The summed E-state index contributed by atoms with van der Waals surface area (Å²) in [6.07, 6.45) is 0.397. The van der Waals surface area contributed by atoms with Crippen molar-refractivity contribution in [3.8, 4) is 5.75 Å². The third-order valence-corrected chi connectivity index (χ3v) is 5.06. The van der Waals surface area contributed by atoms with Gasteiger partial charge in [-0.3, -0.25) is 9.59 Å². The summed E-state index contributed by atoms with van der Waals surface area (Å²) in [5.41, 5.74) is 2.37. The molecule has 31 heavy (non-hydrogen) atoms. The number of morpholine rings is 1. The molecule has 1 aliphatic heterocycles. The summed E-state index contributed by atoms with van der Waals surface area (Å²) in [7, 11) is 1.60. The van der Waals surface area contributed by atoms with Crippen LogP contribution in [0.2, 0.25) is 0 Å². The number of nitrogens with zero attached hydrogens (tertiary/aromatic N) is 2. The number of H-pyrrole nitrogens is 1. The van der Waals surface area contributed by atoms with Crippen molar-refractivity contribution in [3.63, 3.8) is 0 Å². The molecule has 2 aromatic carbocycles. The van der Waals surface area contributed by atoms with Crippen LogP contribution in [-0.2, 0) is 11.2 Å². The molecule has 1 saturated heterocycles. The molecule has 2 heterocycles. The number of hydrogen-bond acceptors (Lipinski definition) is 6. The Morgan fingerprint density at radius 2 is 1.84 bits per heavy atom. The molecular formula is C23H24N4O4. The third kappa shape index (κ3) is 5.29. The second-order valence-corrected chi connectivity index (χ2v) is 7.20. The normalized spacial score (nSPS) is 13.6. The highest BCUT2D eigenvalue weighted by atomic mass is 16.5. The molecule has 8 heteroatoms. The van der Waals surface area contributed by atoms with Crippen molar-refractivity contribution in [3.05, 3.63) is 82.0 Å². The highest BCUT2D eigenvalue weighted by molar-refractivity contribution is 6.02. The van der Waals surface area contributed by atoms with Gasteiger partial charge in [0, 0.05) is 37.0 Å². The molecule has 1 aromatic heterocycles. The minimum absolute atomic E-state index is 0.0736. The fourth-order valence-electron chi connectivity index (χ4n) is 3.42. The number of amides is 1. The number of ether oxygens (including phenoxy) is 2. The van der Waals surface area contributed by atoms with E-state index in [0.29, 0.717) is 31.1 Å². The monoisotopic (exact) mass is 420 g/mol. The Balaban J connectivity index is 1.44. The Labute approximate surface area is 179 Å². The maximum Gasteiger partial charge on any atom is 0.274 e. The molecular weight excluding hydrogens is 396 g/mol. The van der Waals surface area contributed by atoms with Crippen LogP contribution < -0.4 is 20.5 Å². The van der Waals surface area contributed by atoms with E-state index in [0.717, 1.165) is 30.1 Å². The average molecular weight is 420 g/mol. The van der Waals surface area contributed by atoms with Crippen LogP contribution >= 0.6 is 0 Å². The van der Waals surface area contributed by atoms with Crippen molar-refractivity contribution in [1.82, 2.24) is 9.97 Å². The molecule has 160 valence electrons. The van der Waals surface area contributed by atoms with E-state index in [2.05, 4.69) is 20.2 Å². The van der Waals surface area contributed by atoms with Crippen LogP contribution in [0, 0.1) is 0 Å². The predicted molar refractivity (Wildman–Crippen MR) is 118 cm³/mol. The summed E-state index contributed by atoms with van der Waals surface area (Å²) in [6, 6.07) is 16.3. The fraction of sp³-hybridized carbons (Fsp3) is 0.261. The lowest BCUT2D eigenvalue weighted by Gasteiger charge is -2.28. The van der Waals surface area contributed by atoms with E-state index in [1.165, 1.54) is 6.07 Å². The van der Waals surface area contributed by atoms with Gasteiger partial charge in [0.05, 0.1) is 20.3 Å². The summed E-state index contributed by atoms with van der Waals surface area (Å²) < 4.78 is 10.5. The molecule has 1 aliphatic rings. The number of rotatable bonds is 6. The summed E-state index contributed by atoms with van der Waals surface area (Å²) >= 11 is 0. The Hall–Kier alpha value is -3.65. The number of aromatic nitrogens is 2. The van der Waals surface area contributed by atoms with Crippen molar-refractivity contribution < 1.29 is 14.3 Å². The molecule has 8 nitrogen and oxygen atoms in total. The van der Waals surface area contributed by atoms with Gasteiger partial charge in [0.25, 0.3) is 11.5 Å². The molecule has 0 spiro atoms. The van der Waals surface area contributed by atoms with E-state index in [-0.39, 0.29) is 11.3 Å². The van der Waals surface area contributed by atoms with E-state index >= 15 is 0 Å². The van der Waals surface area contributed by atoms with Gasteiger partial charge >= 0.3 is 0 Å². The van der Waals surface area contributed by atoms with Gasteiger partial charge in [0.2, 0.25) is 0 Å².